The van der Waals surface area contributed by atoms with Gasteiger partial charge in [0.1, 0.15) is 0 Å². The van der Waals surface area contributed by atoms with Crippen LogP contribution in [0.15, 0.2) is 0 Å². The zero-order valence-corrected chi connectivity index (χ0v) is 13.9. The molecule has 5 aliphatic rings. The Hall–Kier alpha value is -0.0400. The summed E-state index contributed by atoms with van der Waals surface area (Å²) >= 11 is 0. The smallest absolute Gasteiger partial charge is 0.0219 e. The monoisotopic (exact) mass is 275 g/mol. The van der Waals surface area contributed by atoms with E-state index in [1.807, 2.05) is 0 Å². The molecule has 0 aromatic heterocycles. The van der Waals surface area contributed by atoms with E-state index in [2.05, 4.69) is 25.8 Å². The van der Waals surface area contributed by atoms with Crippen molar-refractivity contribution in [2.45, 2.75) is 83.6 Å². The van der Waals surface area contributed by atoms with Gasteiger partial charge in [-0.15, -0.1) is 0 Å². The molecule has 0 spiro atoms. The van der Waals surface area contributed by atoms with Gasteiger partial charge in [0.25, 0.3) is 0 Å². The molecule has 0 aromatic rings. The summed E-state index contributed by atoms with van der Waals surface area (Å²) < 4.78 is 0. The Kier molecular flexibility index (Phi) is 2.89. The first kappa shape index (κ1) is 13.6. The Morgan fingerprint density at radius 2 is 1.50 bits per heavy atom. The van der Waals surface area contributed by atoms with Crippen LogP contribution in [0.25, 0.3) is 0 Å². The second kappa shape index (κ2) is 4.24. The minimum atomic E-state index is 0.575. The minimum absolute atomic E-state index is 0.575. The van der Waals surface area contributed by atoms with Crippen LogP contribution in [0.5, 0.6) is 0 Å². The normalized spacial score (nSPS) is 51.3. The molecule has 2 unspecified atom stereocenters. The number of hydrogen-bond donors (Lipinski definition) is 0. The molecule has 0 radical (unpaired) electrons. The molecule has 20 heavy (non-hydrogen) atoms. The van der Waals surface area contributed by atoms with Crippen LogP contribution in [-0.4, -0.2) is 24.0 Å². The molecule has 0 aliphatic heterocycles. The summed E-state index contributed by atoms with van der Waals surface area (Å²) in [5.41, 5.74) is 1.90. The second-order valence-corrected chi connectivity index (χ2v) is 9.89. The largest absolute Gasteiger partial charge is 0.300 e. The Balaban J connectivity index is 1.56. The second-order valence-electron chi connectivity index (χ2n) is 9.89. The van der Waals surface area contributed by atoms with Crippen LogP contribution in [0.3, 0.4) is 0 Å². The topological polar surface area (TPSA) is 3.24 Å². The van der Waals surface area contributed by atoms with Crippen LogP contribution >= 0.6 is 0 Å². The van der Waals surface area contributed by atoms with Crippen molar-refractivity contribution < 1.29 is 0 Å². The molecule has 0 saturated heterocycles. The van der Waals surface area contributed by atoms with E-state index in [0.29, 0.717) is 16.4 Å². The van der Waals surface area contributed by atoms with Gasteiger partial charge < -0.3 is 4.90 Å². The quantitative estimate of drug-likeness (QED) is 0.711. The van der Waals surface area contributed by atoms with Gasteiger partial charge in [-0.25, -0.2) is 0 Å². The molecule has 5 fully saturated rings. The molecular formula is C19H33N. The highest BCUT2D eigenvalue weighted by Crippen LogP contribution is 2.67. The predicted molar refractivity (Wildman–Crippen MR) is 84.7 cm³/mol. The van der Waals surface area contributed by atoms with Gasteiger partial charge in [0, 0.05) is 12.1 Å². The molecule has 5 saturated carbocycles. The number of hydrogen-bond acceptors (Lipinski definition) is 1. The molecule has 1 nitrogen and oxygen atoms in total. The van der Waals surface area contributed by atoms with E-state index in [1.165, 1.54) is 70.8 Å². The van der Waals surface area contributed by atoms with Crippen molar-refractivity contribution in [3.8, 4) is 0 Å². The number of nitrogens with zero attached hydrogens (tertiary/aromatic N) is 1. The molecule has 0 N–H and O–H groups in total. The van der Waals surface area contributed by atoms with Gasteiger partial charge in [-0.05, 0) is 81.1 Å². The summed E-state index contributed by atoms with van der Waals surface area (Å²) in [6.07, 6.45) is 15.1. The van der Waals surface area contributed by atoms with Crippen molar-refractivity contribution >= 4 is 0 Å². The molecule has 2 atom stereocenters. The maximum atomic E-state index is 2.85. The van der Waals surface area contributed by atoms with E-state index in [4.69, 9.17) is 0 Å². The molecule has 5 rings (SSSR count). The predicted octanol–water partition coefficient (Wildman–Crippen LogP) is 4.86. The average Bonchev–Trinajstić information content (AvgIpc) is 2.76. The van der Waals surface area contributed by atoms with E-state index in [9.17, 15) is 0 Å². The van der Waals surface area contributed by atoms with Gasteiger partial charge in [-0.1, -0.05) is 26.7 Å². The molecule has 1 heteroatoms. The fraction of sp³-hybridized carbons (Fsp3) is 1.00. The van der Waals surface area contributed by atoms with E-state index < -0.39 is 0 Å². The maximum absolute atomic E-state index is 2.85. The summed E-state index contributed by atoms with van der Waals surface area (Å²) in [6.45, 7) is 6.60. The van der Waals surface area contributed by atoms with Crippen molar-refractivity contribution in [2.75, 3.05) is 13.6 Å². The van der Waals surface area contributed by atoms with E-state index in [-0.39, 0.29) is 0 Å². The zero-order chi connectivity index (χ0) is 14.0. The highest BCUT2D eigenvalue weighted by Gasteiger charge is 2.61. The van der Waals surface area contributed by atoms with Gasteiger partial charge in [0.15, 0.2) is 0 Å². The first-order valence-electron chi connectivity index (χ1n) is 9.12. The zero-order valence-electron chi connectivity index (χ0n) is 13.9. The van der Waals surface area contributed by atoms with E-state index in [1.54, 1.807) is 0 Å². The standard InChI is InChI=1S/C19H33N/c1-17-8-16-9-18(2,12-17)14-19(10-16,13-17)20(3)11-15-6-4-5-7-15/h15-16H,4-14H2,1-3H3. The van der Waals surface area contributed by atoms with Crippen LogP contribution in [0.1, 0.15) is 78.1 Å². The SMILES string of the molecule is CN(CC1CCCC1)C12CC3CC(C)(CC(C)(C3)C1)C2. The summed E-state index contributed by atoms with van der Waals surface area (Å²) in [7, 11) is 2.47. The minimum Gasteiger partial charge on any atom is -0.300 e. The average molecular weight is 275 g/mol. The van der Waals surface area contributed by atoms with Crippen molar-refractivity contribution in [2.24, 2.45) is 22.7 Å². The van der Waals surface area contributed by atoms with Gasteiger partial charge >= 0.3 is 0 Å². The van der Waals surface area contributed by atoms with Gasteiger partial charge in [-0.2, -0.15) is 0 Å². The Labute approximate surface area is 125 Å². The lowest BCUT2D eigenvalue weighted by Gasteiger charge is -2.67. The third kappa shape index (κ3) is 2.07. The lowest BCUT2D eigenvalue weighted by Crippen LogP contribution is -2.64. The first-order valence-corrected chi connectivity index (χ1v) is 9.12. The van der Waals surface area contributed by atoms with Gasteiger partial charge in [0.2, 0.25) is 0 Å². The lowest BCUT2D eigenvalue weighted by atomic mass is 9.42. The molecule has 0 amide bonds. The van der Waals surface area contributed by atoms with Crippen LogP contribution in [-0.2, 0) is 0 Å². The van der Waals surface area contributed by atoms with Crippen molar-refractivity contribution in [3.05, 3.63) is 0 Å². The van der Waals surface area contributed by atoms with E-state index >= 15 is 0 Å². The lowest BCUT2D eigenvalue weighted by molar-refractivity contribution is -0.158. The third-order valence-electron chi connectivity index (χ3n) is 7.41. The first-order chi connectivity index (χ1) is 9.41. The maximum Gasteiger partial charge on any atom is 0.0219 e. The molecule has 4 bridgehead atoms. The van der Waals surface area contributed by atoms with Crippen molar-refractivity contribution in [1.29, 1.82) is 0 Å². The fourth-order valence-electron chi connectivity index (χ4n) is 7.59. The molecular weight excluding hydrogens is 242 g/mol. The Morgan fingerprint density at radius 1 is 0.900 bits per heavy atom. The Morgan fingerprint density at radius 3 is 2.05 bits per heavy atom. The van der Waals surface area contributed by atoms with Crippen molar-refractivity contribution in [1.82, 2.24) is 4.90 Å². The molecule has 0 aromatic carbocycles. The third-order valence-corrected chi connectivity index (χ3v) is 7.41. The van der Waals surface area contributed by atoms with Crippen LogP contribution in [0.2, 0.25) is 0 Å². The molecule has 114 valence electrons. The summed E-state index contributed by atoms with van der Waals surface area (Å²) in [5, 5.41) is 0. The van der Waals surface area contributed by atoms with Crippen molar-refractivity contribution in [3.63, 3.8) is 0 Å². The molecule has 0 heterocycles. The summed E-state index contributed by atoms with van der Waals surface area (Å²) in [4.78, 5) is 2.85. The van der Waals surface area contributed by atoms with Gasteiger partial charge in [0.05, 0.1) is 0 Å². The van der Waals surface area contributed by atoms with Crippen LogP contribution in [0.4, 0.5) is 0 Å². The number of rotatable bonds is 3. The summed E-state index contributed by atoms with van der Waals surface area (Å²) in [6, 6.07) is 0. The summed E-state index contributed by atoms with van der Waals surface area (Å²) in [5.74, 6) is 2.04. The molecule has 5 aliphatic carbocycles. The van der Waals surface area contributed by atoms with E-state index in [0.717, 1.165) is 11.8 Å². The highest BCUT2D eigenvalue weighted by molar-refractivity contribution is 5.14. The Bertz CT molecular complexity index is 377. The fourth-order valence-corrected chi connectivity index (χ4v) is 7.59. The highest BCUT2D eigenvalue weighted by atomic mass is 15.2. The van der Waals surface area contributed by atoms with Gasteiger partial charge in [-0.3, -0.25) is 0 Å². The van der Waals surface area contributed by atoms with Crippen LogP contribution in [0, 0.1) is 22.7 Å². The van der Waals surface area contributed by atoms with Crippen LogP contribution < -0.4 is 0 Å².